The zero-order valence-corrected chi connectivity index (χ0v) is 21.4. The van der Waals surface area contributed by atoms with E-state index in [1.165, 1.54) is 27.0 Å². The third-order valence-electron chi connectivity index (χ3n) is 6.05. The first-order valence-electron chi connectivity index (χ1n) is 11.1. The molecule has 1 fully saturated rings. The predicted molar refractivity (Wildman–Crippen MR) is 138 cm³/mol. The SMILES string of the molecule is Cc1cc(C)c2nc(N(Cc3ccccc3)C(=O)C3CCCN3S(=O)(=O)c3cccs3)sc2c1. The molecule has 9 heteroatoms. The van der Waals surface area contributed by atoms with Crippen LogP contribution < -0.4 is 4.90 Å². The summed E-state index contributed by atoms with van der Waals surface area (Å²) >= 11 is 2.65. The minimum atomic E-state index is -3.73. The molecule has 1 atom stereocenters. The molecule has 0 saturated carbocycles. The molecule has 0 aliphatic carbocycles. The van der Waals surface area contributed by atoms with Gasteiger partial charge in [0.05, 0.1) is 16.8 Å². The number of benzene rings is 2. The molecule has 2 aromatic heterocycles. The van der Waals surface area contributed by atoms with E-state index in [9.17, 15) is 13.2 Å². The molecule has 1 aliphatic heterocycles. The summed E-state index contributed by atoms with van der Waals surface area (Å²) in [5.74, 6) is -0.227. The fourth-order valence-corrected chi connectivity index (χ4v) is 8.38. The fraction of sp³-hybridized carbons (Fsp3) is 0.280. The highest BCUT2D eigenvalue weighted by atomic mass is 32.2. The van der Waals surface area contributed by atoms with Crippen LogP contribution in [0.3, 0.4) is 0 Å². The van der Waals surface area contributed by atoms with Crippen LogP contribution in [0.1, 0.15) is 29.5 Å². The number of hydrogen-bond donors (Lipinski definition) is 0. The Bertz CT molecular complexity index is 1430. The van der Waals surface area contributed by atoms with Crippen LogP contribution >= 0.6 is 22.7 Å². The summed E-state index contributed by atoms with van der Waals surface area (Å²) in [7, 11) is -3.73. The van der Waals surface area contributed by atoms with E-state index >= 15 is 0 Å². The number of thiophene rings is 1. The summed E-state index contributed by atoms with van der Waals surface area (Å²) < 4.78 is 29.3. The molecule has 176 valence electrons. The molecule has 5 rings (SSSR count). The van der Waals surface area contributed by atoms with Crippen LogP contribution in [-0.2, 0) is 21.4 Å². The maximum absolute atomic E-state index is 14.0. The van der Waals surface area contributed by atoms with Crippen LogP contribution in [0.4, 0.5) is 5.13 Å². The van der Waals surface area contributed by atoms with Crippen molar-refractivity contribution in [3.05, 3.63) is 76.7 Å². The normalized spacial score (nSPS) is 16.8. The number of aromatic nitrogens is 1. The molecule has 0 N–H and O–H groups in total. The van der Waals surface area contributed by atoms with Gasteiger partial charge in [-0.1, -0.05) is 53.8 Å². The van der Waals surface area contributed by atoms with Crippen molar-refractivity contribution in [1.82, 2.24) is 9.29 Å². The summed E-state index contributed by atoms with van der Waals surface area (Å²) in [6.07, 6.45) is 1.15. The van der Waals surface area contributed by atoms with Crippen LogP contribution in [0.2, 0.25) is 0 Å². The quantitative estimate of drug-likeness (QED) is 0.349. The molecule has 1 aliphatic rings. The topological polar surface area (TPSA) is 70.6 Å². The molecule has 3 heterocycles. The molecule has 34 heavy (non-hydrogen) atoms. The fourth-order valence-electron chi connectivity index (χ4n) is 4.46. The Hall–Kier alpha value is -2.59. The average Bonchev–Trinajstić information content (AvgIpc) is 3.58. The number of fused-ring (bicyclic) bond motifs is 1. The highest BCUT2D eigenvalue weighted by Crippen LogP contribution is 2.35. The molecule has 0 spiro atoms. The third kappa shape index (κ3) is 4.29. The first kappa shape index (κ1) is 23.2. The lowest BCUT2D eigenvalue weighted by Gasteiger charge is -2.28. The number of anilines is 1. The van der Waals surface area contributed by atoms with E-state index in [-0.39, 0.29) is 10.1 Å². The zero-order valence-electron chi connectivity index (χ0n) is 19.0. The number of thiazole rings is 1. The number of carbonyl (C=O) groups is 1. The second kappa shape index (κ2) is 9.22. The Balaban J connectivity index is 1.55. The number of carbonyl (C=O) groups excluding carboxylic acids is 1. The Morgan fingerprint density at radius 3 is 2.68 bits per heavy atom. The number of nitrogens with zero attached hydrogens (tertiary/aromatic N) is 3. The summed E-state index contributed by atoms with van der Waals surface area (Å²) in [5, 5.41) is 2.34. The molecular weight excluding hydrogens is 486 g/mol. The van der Waals surface area contributed by atoms with Crippen molar-refractivity contribution >= 4 is 54.0 Å². The number of aryl methyl sites for hydroxylation is 2. The van der Waals surface area contributed by atoms with E-state index in [2.05, 4.69) is 12.1 Å². The minimum absolute atomic E-state index is 0.227. The van der Waals surface area contributed by atoms with E-state index in [1.54, 1.807) is 22.4 Å². The van der Waals surface area contributed by atoms with Gasteiger partial charge in [-0.3, -0.25) is 9.69 Å². The van der Waals surface area contributed by atoms with Crippen molar-refractivity contribution < 1.29 is 13.2 Å². The Morgan fingerprint density at radius 1 is 1.15 bits per heavy atom. The second-order valence-corrected chi connectivity index (χ2v) is 12.6. The van der Waals surface area contributed by atoms with Crippen molar-refractivity contribution in [1.29, 1.82) is 0 Å². The van der Waals surface area contributed by atoms with Gasteiger partial charge in [-0.2, -0.15) is 4.31 Å². The number of rotatable bonds is 6. The van der Waals surface area contributed by atoms with Crippen molar-refractivity contribution in [3.8, 4) is 0 Å². The molecule has 0 radical (unpaired) electrons. The van der Waals surface area contributed by atoms with Gasteiger partial charge in [-0.15, -0.1) is 11.3 Å². The first-order chi connectivity index (χ1) is 16.3. The molecule has 4 aromatic rings. The van der Waals surface area contributed by atoms with Gasteiger partial charge in [-0.25, -0.2) is 13.4 Å². The van der Waals surface area contributed by atoms with Crippen molar-refractivity contribution in [2.75, 3.05) is 11.4 Å². The van der Waals surface area contributed by atoms with Crippen LogP contribution in [0, 0.1) is 13.8 Å². The van der Waals surface area contributed by atoms with Gasteiger partial charge in [-0.05, 0) is 60.9 Å². The predicted octanol–water partition coefficient (Wildman–Crippen LogP) is 5.36. The van der Waals surface area contributed by atoms with E-state index in [0.717, 1.165) is 26.9 Å². The highest BCUT2D eigenvalue weighted by molar-refractivity contribution is 7.91. The molecule has 1 unspecified atom stereocenters. The van der Waals surface area contributed by atoms with E-state index < -0.39 is 16.1 Å². The van der Waals surface area contributed by atoms with Gasteiger partial charge >= 0.3 is 0 Å². The second-order valence-electron chi connectivity index (χ2n) is 8.54. The molecule has 1 saturated heterocycles. The van der Waals surface area contributed by atoms with E-state index in [0.29, 0.717) is 31.1 Å². The monoisotopic (exact) mass is 511 g/mol. The van der Waals surface area contributed by atoms with Gasteiger partial charge in [0.1, 0.15) is 10.3 Å². The number of amides is 1. The maximum Gasteiger partial charge on any atom is 0.253 e. The van der Waals surface area contributed by atoms with Gasteiger partial charge in [0.25, 0.3) is 10.0 Å². The third-order valence-corrected chi connectivity index (χ3v) is 10.4. The summed E-state index contributed by atoms with van der Waals surface area (Å²) in [5.41, 5.74) is 4.05. The summed E-state index contributed by atoms with van der Waals surface area (Å²) in [4.78, 5) is 20.5. The molecule has 1 amide bonds. The molecule has 0 bridgehead atoms. The summed E-state index contributed by atoms with van der Waals surface area (Å²) in [6.45, 7) is 4.74. The lowest BCUT2D eigenvalue weighted by Crippen LogP contribution is -2.47. The Kier molecular flexibility index (Phi) is 6.28. The minimum Gasteiger partial charge on any atom is -0.282 e. The van der Waals surface area contributed by atoms with Gasteiger partial charge in [0.2, 0.25) is 5.91 Å². The number of hydrogen-bond acceptors (Lipinski definition) is 6. The van der Waals surface area contributed by atoms with Crippen molar-refractivity contribution in [2.45, 2.75) is 43.5 Å². The standard InChI is InChI=1S/C25H25N3O3S3/c1-17-14-18(2)23-21(15-17)33-25(26-23)27(16-19-8-4-3-5-9-19)24(29)20-10-6-12-28(20)34(30,31)22-11-7-13-32-22/h3-5,7-9,11,13-15,20H,6,10,12,16H2,1-2H3. The molecule has 6 nitrogen and oxygen atoms in total. The van der Waals surface area contributed by atoms with Gasteiger partial charge in [0, 0.05) is 6.54 Å². The van der Waals surface area contributed by atoms with E-state index in [4.69, 9.17) is 4.98 Å². The molecule has 2 aromatic carbocycles. The van der Waals surface area contributed by atoms with Crippen LogP contribution in [0.25, 0.3) is 10.2 Å². The van der Waals surface area contributed by atoms with Crippen molar-refractivity contribution in [2.24, 2.45) is 0 Å². The zero-order chi connectivity index (χ0) is 23.9. The maximum atomic E-state index is 14.0. The van der Waals surface area contributed by atoms with Crippen LogP contribution in [-0.4, -0.2) is 36.2 Å². The Labute approximate surface area is 207 Å². The Morgan fingerprint density at radius 2 is 1.94 bits per heavy atom. The van der Waals surface area contributed by atoms with E-state index in [1.807, 2.05) is 44.2 Å². The lowest BCUT2D eigenvalue weighted by atomic mass is 10.1. The summed E-state index contributed by atoms with van der Waals surface area (Å²) in [6, 6.07) is 16.5. The number of sulfonamides is 1. The largest absolute Gasteiger partial charge is 0.282 e. The van der Waals surface area contributed by atoms with Crippen molar-refractivity contribution in [3.63, 3.8) is 0 Å². The van der Waals surface area contributed by atoms with Gasteiger partial charge in [0.15, 0.2) is 5.13 Å². The average molecular weight is 512 g/mol. The molecular formula is C25H25N3O3S3. The van der Waals surface area contributed by atoms with Crippen LogP contribution in [0.5, 0.6) is 0 Å². The van der Waals surface area contributed by atoms with Crippen LogP contribution in [0.15, 0.2) is 64.2 Å². The smallest absolute Gasteiger partial charge is 0.253 e. The van der Waals surface area contributed by atoms with Gasteiger partial charge < -0.3 is 0 Å². The highest BCUT2D eigenvalue weighted by Gasteiger charge is 2.42. The lowest BCUT2D eigenvalue weighted by molar-refractivity contribution is -0.121. The first-order valence-corrected chi connectivity index (χ1v) is 14.3.